The average Bonchev–Trinajstić information content (AvgIpc) is 3.22. The first kappa shape index (κ1) is 22.1. The molecular formula is C21H24ClN3O4S. The van der Waals surface area contributed by atoms with E-state index in [9.17, 15) is 8.42 Å². The number of halogens is 1. The highest BCUT2D eigenvalue weighted by atomic mass is 35.5. The highest BCUT2D eigenvalue weighted by Crippen LogP contribution is 2.30. The third kappa shape index (κ3) is 4.77. The molecule has 9 heteroatoms. The monoisotopic (exact) mass is 449 g/mol. The molecule has 160 valence electrons. The van der Waals surface area contributed by atoms with Crippen molar-refractivity contribution in [3.8, 4) is 17.1 Å². The number of hydrogen-bond acceptors (Lipinski definition) is 6. The molecule has 2 aromatic carbocycles. The van der Waals surface area contributed by atoms with Crippen molar-refractivity contribution in [2.75, 3.05) is 25.5 Å². The van der Waals surface area contributed by atoms with Crippen molar-refractivity contribution in [2.24, 2.45) is 0 Å². The molecule has 30 heavy (non-hydrogen) atoms. The molecule has 3 aromatic rings. The molecule has 0 aliphatic rings. The lowest BCUT2D eigenvalue weighted by molar-refractivity contribution is 0.415. The number of aromatic nitrogens is 1. The molecule has 0 bridgehead atoms. The molecule has 0 aliphatic carbocycles. The van der Waals surface area contributed by atoms with Crippen LogP contribution in [-0.2, 0) is 16.6 Å². The minimum Gasteiger partial charge on any atom is -0.495 e. The number of hydrogen-bond donors (Lipinski definition) is 1. The van der Waals surface area contributed by atoms with Crippen molar-refractivity contribution in [3.63, 3.8) is 0 Å². The van der Waals surface area contributed by atoms with Gasteiger partial charge < -0.3 is 14.5 Å². The number of ether oxygens (including phenoxy) is 1. The predicted molar refractivity (Wildman–Crippen MR) is 117 cm³/mol. The molecule has 1 N–H and O–H groups in total. The van der Waals surface area contributed by atoms with E-state index >= 15 is 0 Å². The molecule has 1 aromatic heterocycles. The largest absolute Gasteiger partial charge is 0.495 e. The normalized spacial score (nSPS) is 11.6. The lowest BCUT2D eigenvalue weighted by atomic mass is 10.2. The smallest absolute Gasteiger partial charge is 0.243 e. The molecule has 1 heterocycles. The van der Waals surface area contributed by atoms with Crippen molar-refractivity contribution >= 4 is 27.3 Å². The van der Waals surface area contributed by atoms with E-state index in [0.717, 1.165) is 5.56 Å². The van der Waals surface area contributed by atoms with Gasteiger partial charge >= 0.3 is 0 Å². The van der Waals surface area contributed by atoms with Crippen LogP contribution in [0.5, 0.6) is 5.75 Å². The van der Waals surface area contributed by atoms with Crippen LogP contribution in [0.3, 0.4) is 0 Å². The van der Waals surface area contributed by atoms with Gasteiger partial charge in [0.2, 0.25) is 15.9 Å². The second kappa shape index (κ2) is 9.51. The van der Waals surface area contributed by atoms with Gasteiger partial charge in [-0.25, -0.2) is 13.4 Å². The van der Waals surface area contributed by atoms with E-state index in [1.165, 1.54) is 11.4 Å². The van der Waals surface area contributed by atoms with Gasteiger partial charge in [-0.2, -0.15) is 4.31 Å². The molecule has 0 saturated carbocycles. The van der Waals surface area contributed by atoms with Gasteiger partial charge in [-0.15, -0.1) is 0 Å². The zero-order valence-corrected chi connectivity index (χ0v) is 18.6. The minimum atomic E-state index is -3.58. The van der Waals surface area contributed by atoms with E-state index in [2.05, 4.69) is 10.3 Å². The molecule has 0 saturated heterocycles. The summed E-state index contributed by atoms with van der Waals surface area (Å²) in [6.07, 6.45) is 1.63. The first-order valence-corrected chi connectivity index (χ1v) is 11.3. The Hall–Kier alpha value is -2.55. The van der Waals surface area contributed by atoms with Crippen LogP contribution in [0.15, 0.2) is 58.0 Å². The van der Waals surface area contributed by atoms with Gasteiger partial charge in [0.25, 0.3) is 0 Å². The van der Waals surface area contributed by atoms with Gasteiger partial charge in [-0.1, -0.05) is 37.6 Å². The quantitative estimate of drug-likeness (QED) is 0.512. The third-order valence-electron chi connectivity index (χ3n) is 4.61. The van der Waals surface area contributed by atoms with Crippen LogP contribution in [0, 0.1) is 0 Å². The summed E-state index contributed by atoms with van der Waals surface area (Å²) in [4.78, 5) is 4.48. The number of nitrogens with one attached hydrogen (secondary N) is 1. The van der Waals surface area contributed by atoms with Crippen LogP contribution in [0.4, 0.5) is 5.69 Å². The van der Waals surface area contributed by atoms with E-state index in [4.69, 9.17) is 20.8 Å². The molecular weight excluding hydrogens is 426 g/mol. The van der Waals surface area contributed by atoms with Crippen LogP contribution >= 0.6 is 11.6 Å². The van der Waals surface area contributed by atoms with Crippen molar-refractivity contribution in [1.29, 1.82) is 0 Å². The Labute approximate surface area is 181 Å². The number of sulfonamides is 1. The van der Waals surface area contributed by atoms with E-state index in [1.54, 1.807) is 36.5 Å². The zero-order chi connectivity index (χ0) is 21.7. The predicted octanol–water partition coefficient (Wildman–Crippen LogP) is 4.65. The fourth-order valence-electron chi connectivity index (χ4n) is 3.04. The van der Waals surface area contributed by atoms with Crippen molar-refractivity contribution in [3.05, 3.63) is 59.6 Å². The van der Waals surface area contributed by atoms with Crippen LogP contribution in [0.25, 0.3) is 11.3 Å². The van der Waals surface area contributed by atoms with E-state index in [-0.39, 0.29) is 11.4 Å². The lowest BCUT2D eigenvalue weighted by Crippen LogP contribution is -2.30. The van der Waals surface area contributed by atoms with Crippen molar-refractivity contribution < 1.29 is 17.6 Å². The molecule has 0 radical (unpaired) electrons. The standard InChI is InChI=1S/C21H24ClN3O4S/c1-4-25(5-2)30(26,27)17-9-10-19(28-3)18(12-17)23-14-21-24-13-20(29-21)15-7-6-8-16(22)11-15/h6-13,23H,4-5,14H2,1-3H3. The van der Waals surface area contributed by atoms with E-state index < -0.39 is 10.0 Å². The van der Waals surface area contributed by atoms with Gasteiger partial charge in [0.05, 0.1) is 30.4 Å². The Bertz CT molecular complexity index is 1110. The topological polar surface area (TPSA) is 84.7 Å². The van der Waals surface area contributed by atoms with Crippen molar-refractivity contribution in [1.82, 2.24) is 9.29 Å². The summed E-state index contributed by atoms with van der Waals surface area (Å²) in [6, 6.07) is 12.0. The molecule has 0 atom stereocenters. The number of benzene rings is 2. The van der Waals surface area contributed by atoms with E-state index in [1.807, 2.05) is 26.0 Å². The summed E-state index contributed by atoms with van der Waals surface area (Å²) in [5.74, 6) is 1.57. The van der Waals surface area contributed by atoms with Crippen LogP contribution in [0.2, 0.25) is 5.02 Å². The van der Waals surface area contributed by atoms with Gasteiger partial charge in [0, 0.05) is 23.7 Å². The third-order valence-corrected chi connectivity index (χ3v) is 6.89. The number of anilines is 1. The van der Waals surface area contributed by atoms with E-state index in [0.29, 0.717) is 41.2 Å². The summed E-state index contributed by atoms with van der Waals surface area (Å²) in [6.45, 7) is 4.67. The highest BCUT2D eigenvalue weighted by molar-refractivity contribution is 7.89. The van der Waals surface area contributed by atoms with Crippen molar-refractivity contribution in [2.45, 2.75) is 25.3 Å². The second-order valence-corrected chi connectivity index (χ2v) is 8.81. The Morgan fingerprint density at radius 3 is 2.60 bits per heavy atom. The number of oxazole rings is 1. The summed E-state index contributed by atoms with van der Waals surface area (Å²) in [7, 11) is -2.05. The Balaban J connectivity index is 1.81. The van der Waals surface area contributed by atoms with Gasteiger partial charge in [0.15, 0.2) is 5.76 Å². The highest BCUT2D eigenvalue weighted by Gasteiger charge is 2.23. The summed E-state index contributed by atoms with van der Waals surface area (Å²) in [5.41, 5.74) is 1.36. The van der Waals surface area contributed by atoms with Crippen LogP contribution < -0.4 is 10.1 Å². The Kier molecular flexibility index (Phi) is 7.02. The van der Waals surface area contributed by atoms with Gasteiger partial charge in [-0.05, 0) is 30.3 Å². The molecule has 0 amide bonds. The maximum absolute atomic E-state index is 12.8. The maximum Gasteiger partial charge on any atom is 0.243 e. The lowest BCUT2D eigenvalue weighted by Gasteiger charge is -2.19. The first-order chi connectivity index (χ1) is 14.4. The SMILES string of the molecule is CCN(CC)S(=O)(=O)c1ccc(OC)c(NCc2ncc(-c3cccc(Cl)c3)o2)c1. The molecule has 3 rings (SSSR count). The first-order valence-electron chi connectivity index (χ1n) is 9.51. The fourth-order valence-corrected chi connectivity index (χ4v) is 4.71. The fraction of sp³-hybridized carbons (Fsp3) is 0.286. The van der Waals surface area contributed by atoms with Gasteiger partial charge in [-0.3, -0.25) is 0 Å². The maximum atomic E-state index is 12.8. The number of methoxy groups -OCH3 is 1. The average molecular weight is 450 g/mol. The van der Waals surface area contributed by atoms with Gasteiger partial charge in [0.1, 0.15) is 5.75 Å². The number of rotatable bonds is 9. The Morgan fingerprint density at radius 2 is 1.93 bits per heavy atom. The summed E-state index contributed by atoms with van der Waals surface area (Å²) in [5, 5.41) is 3.76. The molecule has 0 fully saturated rings. The molecule has 7 nitrogen and oxygen atoms in total. The Morgan fingerprint density at radius 1 is 1.17 bits per heavy atom. The van der Waals surface area contributed by atoms with Crippen LogP contribution in [-0.4, -0.2) is 37.9 Å². The molecule has 0 aliphatic heterocycles. The van der Waals surface area contributed by atoms with Crippen LogP contribution in [0.1, 0.15) is 19.7 Å². The zero-order valence-electron chi connectivity index (χ0n) is 17.1. The molecule has 0 unspecified atom stereocenters. The number of nitrogens with zero attached hydrogens (tertiary/aromatic N) is 2. The summed E-state index contributed by atoms with van der Waals surface area (Å²) < 4.78 is 38.2. The molecule has 0 spiro atoms. The minimum absolute atomic E-state index is 0.196. The second-order valence-electron chi connectivity index (χ2n) is 6.43. The summed E-state index contributed by atoms with van der Waals surface area (Å²) >= 11 is 6.03.